The van der Waals surface area contributed by atoms with Crippen molar-refractivity contribution in [2.45, 2.75) is 6.92 Å². The zero-order chi connectivity index (χ0) is 14.5. The summed E-state index contributed by atoms with van der Waals surface area (Å²) in [6.45, 7) is 1.51. The summed E-state index contributed by atoms with van der Waals surface area (Å²) in [7, 11) is 0. The van der Waals surface area contributed by atoms with E-state index in [0.29, 0.717) is 28.0 Å². The molecule has 20 heavy (non-hydrogen) atoms. The van der Waals surface area contributed by atoms with E-state index in [9.17, 15) is 9.59 Å². The van der Waals surface area contributed by atoms with E-state index in [0.717, 1.165) is 0 Å². The fourth-order valence-electron chi connectivity index (χ4n) is 1.70. The number of benzene rings is 2. The van der Waals surface area contributed by atoms with Gasteiger partial charge in [-0.25, -0.2) is 0 Å². The highest BCUT2D eigenvalue weighted by Crippen LogP contribution is 2.23. The van der Waals surface area contributed by atoms with Gasteiger partial charge in [-0.1, -0.05) is 28.1 Å². The van der Waals surface area contributed by atoms with Crippen molar-refractivity contribution in [3.63, 3.8) is 0 Å². The Balaban J connectivity index is 2.16. The lowest BCUT2D eigenvalue weighted by molar-refractivity contribution is 0.101. The standard InChI is InChI=1S/C16H13BrO3/c1-11(18)13-3-2-4-15(9-13)20-14-7-5-12(6-8-14)16(19)10-17/h2-9H,10H2,1H3. The van der Waals surface area contributed by atoms with Crippen molar-refractivity contribution in [3.8, 4) is 11.5 Å². The van der Waals surface area contributed by atoms with Crippen molar-refractivity contribution in [1.82, 2.24) is 0 Å². The second-order valence-electron chi connectivity index (χ2n) is 4.27. The molecule has 0 spiro atoms. The first-order valence-electron chi connectivity index (χ1n) is 6.08. The van der Waals surface area contributed by atoms with Gasteiger partial charge in [-0.2, -0.15) is 0 Å². The number of alkyl halides is 1. The van der Waals surface area contributed by atoms with Crippen LogP contribution in [-0.2, 0) is 0 Å². The molecule has 0 saturated heterocycles. The largest absolute Gasteiger partial charge is 0.457 e. The van der Waals surface area contributed by atoms with Crippen LogP contribution in [0.2, 0.25) is 0 Å². The van der Waals surface area contributed by atoms with E-state index in [1.54, 1.807) is 48.5 Å². The van der Waals surface area contributed by atoms with E-state index in [4.69, 9.17) is 4.74 Å². The third-order valence-electron chi connectivity index (χ3n) is 2.77. The van der Waals surface area contributed by atoms with Gasteiger partial charge in [0.05, 0.1) is 5.33 Å². The maximum atomic E-state index is 11.5. The highest BCUT2D eigenvalue weighted by molar-refractivity contribution is 9.09. The van der Waals surface area contributed by atoms with Crippen LogP contribution < -0.4 is 4.74 Å². The number of rotatable bonds is 5. The quantitative estimate of drug-likeness (QED) is 0.607. The molecular weight excluding hydrogens is 320 g/mol. The van der Waals surface area contributed by atoms with E-state index in [2.05, 4.69) is 15.9 Å². The second-order valence-corrected chi connectivity index (χ2v) is 4.83. The van der Waals surface area contributed by atoms with Gasteiger partial charge in [0, 0.05) is 11.1 Å². The summed E-state index contributed by atoms with van der Waals surface area (Å²) in [6, 6.07) is 13.9. The van der Waals surface area contributed by atoms with Crippen LogP contribution >= 0.6 is 15.9 Å². The van der Waals surface area contributed by atoms with Crippen molar-refractivity contribution in [3.05, 3.63) is 59.7 Å². The molecule has 0 unspecified atom stereocenters. The van der Waals surface area contributed by atoms with Gasteiger partial charge in [0.25, 0.3) is 0 Å². The first kappa shape index (κ1) is 14.5. The first-order valence-corrected chi connectivity index (χ1v) is 7.20. The number of ketones is 2. The monoisotopic (exact) mass is 332 g/mol. The highest BCUT2D eigenvalue weighted by Gasteiger charge is 2.05. The van der Waals surface area contributed by atoms with Crippen molar-refractivity contribution >= 4 is 27.5 Å². The SMILES string of the molecule is CC(=O)c1cccc(Oc2ccc(C(=O)CBr)cc2)c1. The van der Waals surface area contributed by atoms with Crippen molar-refractivity contribution in [1.29, 1.82) is 0 Å². The molecule has 2 rings (SSSR count). The maximum Gasteiger partial charge on any atom is 0.173 e. The Hall–Kier alpha value is -1.94. The minimum absolute atomic E-state index is 0.00582. The summed E-state index contributed by atoms with van der Waals surface area (Å²) in [6.07, 6.45) is 0. The fraction of sp³-hybridized carbons (Fsp3) is 0.125. The Morgan fingerprint density at radius 2 is 1.70 bits per heavy atom. The second kappa shape index (κ2) is 6.48. The summed E-state index contributed by atoms with van der Waals surface area (Å²) >= 11 is 3.13. The molecule has 0 aliphatic heterocycles. The van der Waals surface area contributed by atoms with Crippen molar-refractivity contribution in [2.75, 3.05) is 5.33 Å². The molecule has 0 aliphatic carbocycles. The normalized spacial score (nSPS) is 10.1. The number of halogens is 1. The lowest BCUT2D eigenvalue weighted by Crippen LogP contribution is -1.99. The minimum Gasteiger partial charge on any atom is -0.457 e. The molecule has 4 heteroatoms. The Labute approximate surface area is 125 Å². The molecular formula is C16H13BrO3. The summed E-state index contributed by atoms with van der Waals surface area (Å²) in [5.74, 6) is 1.23. The van der Waals surface area contributed by atoms with Crippen LogP contribution in [0.15, 0.2) is 48.5 Å². The smallest absolute Gasteiger partial charge is 0.173 e. The fourth-order valence-corrected chi connectivity index (χ4v) is 2.02. The summed E-state index contributed by atoms with van der Waals surface area (Å²) in [5.41, 5.74) is 1.24. The lowest BCUT2D eigenvalue weighted by atomic mass is 10.1. The van der Waals surface area contributed by atoms with Crippen LogP contribution in [-0.4, -0.2) is 16.9 Å². The van der Waals surface area contributed by atoms with Crippen LogP contribution in [0.5, 0.6) is 11.5 Å². The number of carbonyl (C=O) groups excluding carboxylic acids is 2. The molecule has 0 heterocycles. The number of hydrogen-bond donors (Lipinski definition) is 0. The van der Waals surface area contributed by atoms with Gasteiger partial charge in [0.1, 0.15) is 11.5 Å². The van der Waals surface area contributed by atoms with Gasteiger partial charge in [-0.15, -0.1) is 0 Å². The Morgan fingerprint density at radius 1 is 1.00 bits per heavy atom. The van der Waals surface area contributed by atoms with Crippen LogP contribution in [0.25, 0.3) is 0 Å². The van der Waals surface area contributed by atoms with Crippen LogP contribution in [0.1, 0.15) is 27.6 Å². The molecule has 0 radical (unpaired) electrons. The number of ether oxygens (including phenoxy) is 1. The van der Waals surface area contributed by atoms with E-state index >= 15 is 0 Å². The van der Waals surface area contributed by atoms with E-state index < -0.39 is 0 Å². The Bertz CT molecular complexity index is 632. The van der Waals surface area contributed by atoms with Crippen LogP contribution in [0, 0.1) is 0 Å². The van der Waals surface area contributed by atoms with Gasteiger partial charge in [-0.05, 0) is 43.3 Å². The molecule has 0 N–H and O–H groups in total. The molecule has 0 bridgehead atoms. The predicted molar refractivity (Wildman–Crippen MR) is 81.1 cm³/mol. The van der Waals surface area contributed by atoms with E-state index in [-0.39, 0.29) is 11.6 Å². The number of Topliss-reactive ketones (excluding diaryl/α,β-unsaturated/α-hetero) is 2. The van der Waals surface area contributed by atoms with Gasteiger partial charge in [0.2, 0.25) is 0 Å². The summed E-state index contributed by atoms with van der Waals surface area (Å²) < 4.78 is 5.66. The minimum atomic E-state index is -0.00582. The van der Waals surface area contributed by atoms with E-state index in [1.807, 2.05) is 0 Å². The third kappa shape index (κ3) is 3.54. The van der Waals surface area contributed by atoms with E-state index in [1.165, 1.54) is 6.92 Å². The average Bonchev–Trinajstić information content (AvgIpc) is 2.47. The van der Waals surface area contributed by atoms with Crippen LogP contribution in [0.4, 0.5) is 0 Å². The van der Waals surface area contributed by atoms with Crippen molar-refractivity contribution < 1.29 is 14.3 Å². The van der Waals surface area contributed by atoms with Gasteiger partial charge in [0.15, 0.2) is 11.6 Å². The zero-order valence-corrected chi connectivity index (χ0v) is 12.5. The topological polar surface area (TPSA) is 43.4 Å². The third-order valence-corrected chi connectivity index (χ3v) is 3.28. The van der Waals surface area contributed by atoms with Crippen LogP contribution in [0.3, 0.4) is 0 Å². The maximum absolute atomic E-state index is 11.5. The molecule has 0 atom stereocenters. The molecule has 0 amide bonds. The molecule has 2 aromatic rings. The Morgan fingerprint density at radius 3 is 2.30 bits per heavy atom. The zero-order valence-electron chi connectivity index (χ0n) is 10.9. The Kier molecular flexibility index (Phi) is 4.69. The summed E-state index contributed by atoms with van der Waals surface area (Å²) in [4.78, 5) is 22.8. The number of carbonyl (C=O) groups is 2. The lowest BCUT2D eigenvalue weighted by Gasteiger charge is -2.07. The highest BCUT2D eigenvalue weighted by atomic mass is 79.9. The number of hydrogen-bond acceptors (Lipinski definition) is 3. The molecule has 2 aromatic carbocycles. The molecule has 102 valence electrons. The molecule has 0 aliphatic rings. The first-order chi connectivity index (χ1) is 9.60. The van der Waals surface area contributed by atoms with Gasteiger partial charge >= 0.3 is 0 Å². The molecule has 0 saturated carbocycles. The molecule has 3 nitrogen and oxygen atoms in total. The van der Waals surface area contributed by atoms with Gasteiger partial charge in [-0.3, -0.25) is 9.59 Å². The predicted octanol–water partition coefficient (Wildman–Crippen LogP) is 4.26. The van der Waals surface area contributed by atoms with Gasteiger partial charge < -0.3 is 4.74 Å². The average molecular weight is 333 g/mol. The molecule has 0 aromatic heterocycles. The summed E-state index contributed by atoms with van der Waals surface area (Å²) in [5, 5.41) is 0.299. The van der Waals surface area contributed by atoms with Crippen molar-refractivity contribution in [2.24, 2.45) is 0 Å². The molecule has 0 fully saturated rings.